The summed E-state index contributed by atoms with van der Waals surface area (Å²) in [6.07, 6.45) is 6.42. The number of pyridine rings is 1. The van der Waals surface area contributed by atoms with Crippen LogP contribution in [0.5, 0.6) is 0 Å². The Hall–Kier alpha value is -1.50. The number of hydrogen-bond donors (Lipinski definition) is 0. The van der Waals surface area contributed by atoms with E-state index in [1.54, 1.807) is 6.20 Å². The van der Waals surface area contributed by atoms with Crippen molar-refractivity contribution in [2.75, 3.05) is 52.9 Å². The van der Waals surface area contributed by atoms with Crippen LogP contribution in [0.4, 0.5) is 0 Å². The van der Waals surface area contributed by atoms with Gasteiger partial charge in [-0.25, -0.2) is 0 Å². The van der Waals surface area contributed by atoms with Crippen LogP contribution in [-0.4, -0.2) is 84.6 Å². The molecule has 0 radical (unpaired) electrons. The lowest BCUT2D eigenvalue weighted by Gasteiger charge is -2.35. The molecule has 25 heavy (non-hydrogen) atoms. The van der Waals surface area contributed by atoms with E-state index in [-0.39, 0.29) is 12.0 Å². The molecule has 0 saturated carbocycles. The van der Waals surface area contributed by atoms with E-state index in [0.717, 1.165) is 64.2 Å². The summed E-state index contributed by atoms with van der Waals surface area (Å²) in [7, 11) is 2.15. The minimum absolute atomic E-state index is 0.140. The van der Waals surface area contributed by atoms with Gasteiger partial charge in [-0.2, -0.15) is 0 Å². The molecule has 2 aliphatic rings. The van der Waals surface area contributed by atoms with Gasteiger partial charge in [-0.05, 0) is 31.5 Å². The number of piperidine rings is 1. The smallest absolute Gasteiger partial charge is 0.223 e. The standard InChI is InChI=1S/C19H30N4O2/c1-21-10-12-22(13-11-21)9-6-19(24)23-8-3-5-18(15-23)25-16-17-4-2-7-20-14-17/h2,4,7,14,18H,3,5-6,8-13,15-16H2,1H3. The summed E-state index contributed by atoms with van der Waals surface area (Å²) in [4.78, 5) is 23.4. The summed E-state index contributed by atoms with van der Waals surface area (Å²) in [6.45, 7) is 7.38. The number of aromatic nitrogens is 1. The number of ether oxygens (including phenoxy) is 1. The second kappa shape index (κ2) is 9.27. The predicted molar refractivity (Wildman–Crippen MR) is 97.2 cm³/mol. The maximum atomic E-state index is 12.5. The van der Waals surface area contributed by atoms with E-state index in [1.807, 2.05) is 23.2 Å². The van der Waals surface area contributed by atoms with Crippen LogP contribution in [-0.2, 0) is 16.1 Å². The molecular weight excluding hydrogens is 316 g/mol. The van der Waals surface area contributed by atoms with Crippen molar-refractivity contribution in [3.8, 4) is 0 Å². The van der Waals surface area contributed by atoms with Gasteiger partial charge in [0.25, 0.3) is 0 Å². The molecule has 1 amide bonds. The van der Waals surface area contributed by atoms with Crippen molar-refractivity contribution in [3.63, 3.8) is 0 Å². The highest BCUT2D eigenvalue weighted by Gasteiger charge is 2.24. The highest BCUT2D eigenvalue weighted by atomic mass is 16.5. The van der Waals surface area contributed by atoms with Crippen LogP contribution in [0.3, 0.4) is 0 Å². The topological polar surface area (TPSA) is 48.9 Å². The Morgan fingerprint density at radius 1 is 1.28 bits per heavy atom. The molecule has 6 heteroatoms. The first-order valence-electron chi connectivity index (χ1n) is 9.40. The average molecular weight is 346 g/mol. The number of piperazine rings is 1. The molecule has 1 atom stereocenters. The van der Waals surface area contributed by atoms with E-state index >= 15 is 0 Å². The lowest BCUT2D eigenvalue weighted by atomic mass is 10.1. The average Bonchev–Trinajstić information content (AvgIpc) is 2.67. The molecule has 0 spiro atoms. The second-order valence-corrected chi connectivity index (χ2v) is 7.17. The third kappa shape index (κ3) is 5.76. The van der Waals surface area contributed by atoms with Gasteiger partial charge < -0.3 is 19.4 Å². The third-order valence-electron chi connectivity index (χ3n) is 5.18. The van der Waals surface area contributed by atoms with E-state index in [0.29, 0.717) is 13.0 Å². The molecular formula is C19H30N4O2. The summed E-state index contributed by atoms with van der Waals surface area (Å²) in [6, 6.07) is 3.95. The number of amides is 1. The summed E-state index contributed by atoms with van der Waals surface area (Å²) >= 11 is 0. The molecule has 2 fully saturated rings. The van der Waals surface area contributed by atoms with Gasteiger partial charge in [-0.1, -0.05) is 6.07 Å². The molecule has 1 aromatic heterocycles. The second-order valence-electron chi connectivity index (χ2n) is 7.17. The van der Waals surface area contributed by atoms with Crippen molar-refractivity contribution in [1.82, 2.24) is 19.7 Å². The van der Waals surface area contributed by atoms with Crippen LogP contribution in [0.15, 0.2) is 24.5 Å². The van der Waals surface area contributed by atoms with Crippen LogP contribution in [0.1, 0.15) is 24.8 Å². The van der Waals surface area contributed by atoms with Crippen LogP contribution in [0, 0.1) is 0 Å². The minimum atomic E-state index is 0.140. The molecule has 0 aromatic carbocycles. The molecule has 0 bridgehead atoms. The Kier molecular flexibility index (Phi) is 6.78. The van der Waals surface area contributed by atoms with Gasteiger partial charge in [-0.3, -0.25) is 9.78 Å². The molecule has 3 rings (SSSR count). The molecule has 1 unspecified atom stereocenters. The Morgan fingerprint density at radius 3 is 2.88 bits per heavy atom. The molecule has 0 aliphatic carbocycles. The largest absolute Gasteiger partial charge is 0.372 e. The first-order chi connectivity index (χ1) is 12.2. The lowest BCUT2D eigenvalue weighted by Crippen LogP contribution is -2.47. The first-order valence-corrected chi connectivity index (χ1v) is 9.40. The van der Waals surface area contributed by atoms with E-state index in [9.17, 15) is 4.79 Å². The SMILES string of the molecule is CN1CCN(CCC(=O)N2CCCC(OCc3cccnc3)C2)CC1. The fourth-order valence-corrected chi connectivity index (χ4v) is 3.48. The molecule has 138 valence electrons. The van der Waals surface area contributed by atoms with E-state index in [2.05, 4.69) is 21.8 Å². The van der Waals surface area contributed by atoms with Crippen LogP contribution in [0.2, 0.25) is 0 Å². The Bertz CT molecular complexity index is 531. The Morgan fingerprint density at radius 2 is 2.12 bits per heavy atom. The quantitative estimate of drug-likeness (QED) is 0.775. The zero-order valence-corrected chi connectivity index (χ0v) is 15.3. The van der Waals surface area contributed by atoms with Gasteiger partial charge >= 0.3 is 0 Å². The van der Waals surface area contributed by atoms with Gasteiger partial charge in [0.15, 0.2) is 0 Å². The summed E-state index contributed by atoms with van der Waals surface area (Å²) < 4.78 is 6.01. The molecule has 3 heterocycles. The summed E-state index contributed by atoms with van der Waals surface area (Å²) in [5, 5.41) is 0. The van der Waals surface area contributed by atoms with Gasteiger partial charge in [-0.15, -0.1) is 0 Å². The van der Waals surface area contributed by atoms with Crippen LogP contribution < -0.4 is 0 Å². The number of nitrogens with zero attached hydrogens (tertiary/aromatic N) is 4. The van der Waals surface area contributed by atoms with Crippen LogP contribution in [0.25, 0.3) is 0 Å². The zero-order valence-electron chi connectivity index (χ0n) is 15.3. The number of likely N-dealkylation sites (N-methyl/N-ethyl adjacent to an activating group) is 1. The predicted octanol–water partition coefficient (Wildman–Crippen LogP) is 1.23. The molecule has 1 aromatic rings. The van der Waals surface area contributed by atoms with Crippen molar-refractivity contribution in [3.05, 3.63) is 30.1 Å². The molecule has 2 saturated heterocycles. The van der Waals surface area contributed by atoms with E-state index < -0.39 is 0 Å². The van der Waals surface area contributed by atoms with Crippen molar-refractivity contribution in [2.24, 2.45) is 0 Å². The van der Waals surface area contributed by atoms with Crippen molar-refractivity contribution in [1.29, 1.82) is 0 Å². The lowest BCUT2D eigenvalue weighted by molar-refractivity contribution is -0.136. The number of hydrogen-bond acceptors (Lipinski definition) is 5. The maximum Gasteiger partial charge on any atom is 0.223 e. The third-order valence-corrected chi connectivity index (χ3v) is 5.18. The number of likely N-dealkylation sites (tertiary alicyclic amines) is 1. The fraction of sp³-hybridized carbons (Fsp3) is 0.684. The normalized spacial score (nSPS) is 22.9. The number of rotatable bonds is 6. The maximum absolute atomic E-state index is 12.5. The summed E-state index contributed by atoms with van der Waals surface area (Å²) in [5.74, 6) is 0.272. The molecule has 2 aliphatic heterocycles. The molecule has 0 N–H and O–H groups in total. The summed E-state index contributed by atoms with van der Waals surface area (Å²) in [5.41, 5.74) is 1.08. The Balaban J connectivity index is 1.39. The fourth-order valence-electron chi connectivity index (χ4n) is 3.48. The first kappa shape index (κ1) is 18.3. The van der Waals surface area contributed by atoms with E-state index in [4.69, 9.17) is 4.74 Å². The van der Waals surface area contributed by atoms with Gasteiger partial charge in [0.1, 0.15) is 0 Å². The zero-order chi connectivity index (χ0) is 17.5. The molecule has 6 nitrogen and oxygen atoms in total. The van der Waals surface area contributed by atoms with Gasteiger partial charge in [0, 0.05) is 64.6 Å². The highest BCUT2D eigenvalue weighted by molar-refractivity contribution is 5.76. The van der Waals surface area contributed by atoms with Crippen molar-refractivity contribution in [2.45, 2.75) is 32.0 Å². The minimum Gasteiger partial charge on any atom is -0.372 e. The highest BCUT2D eigenvalue weighted by Crippen LogP contribution is 2.16. The number of carbonyl (C=O) groups excluding carboxylic acids is 1. The van der Waals surface area contributed by atoms with Crippen molar-refractivity contribution < 1.29 is 9.53 Å². The van der Waals surface area contributed by atoms with Gasteiger partial charge in [0.05, 0.1) is 12.7 Å². The van der Waals surface area contributed by atoms with Gasteiger partial charge in [0.2, 0.25) is 5.91 Å². The van der Waals surface area contributed by atoms with Crippen LogP contribution >= 0.6 is 0 Å². The van der Waals surface area contributed by atoms with E-state index in [1.165, 1.54) is 0 Å². The number of carbonyl (C=O) groups is 1. The monoisotopic (exact) mass is 346 g/mol. The Labute approximate surface area is 150 Å². The van der Waals surface area contributed by atoms with Crippen molar-refractivity contribution >= 4 is 5.91 Å².